The standard InChI is InChI=1S/C31H29N3O5/c35-29(21-6-4-10-25(16-21)38-24-8-2-1-3-9-24)33-23-12-13-28(32-19-23)34-15-14-31(20-34)18-27(31)39-26-11-5-7-22(17-26)30(36)37/h1-13,16-17,23,27H,14-15,18-20H2,(H,33,35)(H,36,37)/t23?,27-,31+/m1/s1. The maximum Gasteiger partial charge on any atom is 0.335 e. The highest BCUT2D eigenvalue weighted by atomic mass is 16.5. The predicted octanol–water partition coefficient (Wildman–Crippen LogP) is 4.79. The summed E-state index contributed by atoms with van der Waals surface area (Å²) in [6.07, 6.45) is 6.01. The molecule has 6 rings (SSSR count). The van der Waals surface area contributed by atoms with Crippen molar-refractivity contribution in [3.63, 3.8) is 0 Å². The molecule has 0 radical (unpaired) electrons. The van der Waals surface area contributed by atoms with Gasteiger partial charge in [-0.15, -0.1) is 0 Å². The Labute approximate surface area is 226 Å². The van der Waals surface area contributed by atoms with Crippen LogP contribution in [0.2, 0.25) is 0 Å². The quantitative estimate of drug-likeness (QED) is 0.462. The van der Waals surface area contributed by atoms with Crippen molar-refractivity contribution in [3.8, 4) is 17.2 Å². The van der Waals surface area contributed by atoms with Crippen LogP contribution in [0.1, 0.15) is 33.6 Å². The van der Waals surface area contributed by atoms with Crippen LogP contribution in [0.3, 0.4) is 0 Å². The van der Waals surface area contributed by atoms with Crippen LogP contribution in [-0.4, -0.2) is 59.5 Å². The first kappa shape index (κ1) is 24.7. The lowest BCUT2D eigenvalue weighted by molar-refractivity contribution is 0.0696. The second kappa shape index (κ2) is 10.3. The van der Waals surface area contributed by atoms with Crippen molar-refractivity contribution in [1.82, 2.24) is 10.2 Å². The molecule has 2 fully saturated rings. The van der Waals surface area contributed by atoms with Crippen molar-refractivity contribution in [2.75, 3.05) is 19.6 Å². The number of likely N-dealkylation sites (tertiary alicyclic amines) is 1. The van der Waals surface area contributed by atoms with Crippen molar-refractivity contribution >= 4 is 17.7 Å². The summed E-state index contributed by atoms with van der Waals surface area (Å²) in [7, 11) is 0. The smallest absolute Gasteiger partial charge is 0.335 e. The number of aromatic carboxylic acids is 1. The van der Waals surface area contributed by atoms with E-state index in [1.807, 2.05) is 48.6 Å². The molecule has 1 aliphatic carbocycles. The van der Waals surface area contributed by atoms with Gasteiger partial charge in [0.2, 0.25) is 0 Å². The summed E-state index contributed by atoms with van der Waals surface area (Å²) in [5.74, 6) is 1.71. The van der Waals surface area contributed by atoms with Gasteiger partial charge in [0.15, 0.2) is 0 Å². The fourth-order valence-electron chi connectivity index (χ4n) is 5.25. The molecule has 3 aromatic carbocycles. The average Bonchev–Trinajstić information content (AvgIpc) is 3.43. The van der Waals surface area contributed by atoms with Gasteiger partial charge in [0, 0.05) is 24.1 Å². The minimum Gasteiger partial charge on any atom is -0.490 e. The second-order valence-electron chi connectivity index (χ2n) is 10.3. The highest BCUT2D eigenvalue weighted by Crippen LogP contribution is 2.55. The Morgan fingerprint density at radius 3 is 2.46 bits per heavy atom. The van der Waals surface area contributed by atoms with Crippen LogP contribution in [0.25, 0.3) is 0 Å². The largest absolute Gasteiger partial charge is 0.490 e. The molecular weight excluding hydrogens is 494 g/mol. The predicted molar refractivity (Wildman–Crippen MR) is 147 cm³/mol. The zero-order valence-electron chi connectivity index (χ0n) is 21.3. The molecule has 2 N–H and O–H groups in total. The van der Waals surface area contributed by atoms with Gasteiger partial charge in [-0.05, 0) is 67.4 Å². The van der Waals surface area contributed by atoms with Gasteiger partial charge in [-0.1, -0.05) is 36.4 Å². The van der Waals surface area contributed by atoms with E-state index in [9.17, 15) is 14.7 Å². The lowest BCUT2D eigenvalue weighted by atomic mass is 10.1. The number of nitrogens with one attached hydrogen (secondary N) is 1. The van der Waals surface area contributed by atoms with E-state index >= 15 is 0 Å². The topological polar surface area (TPSA) is 100 Å². The number of para-hydroxylation sites is 1. The van der Waals surface area contributed by atoms with Gasteiger partial charge in [0.05, 0.1) is 18.2 Å². The van der Waals surface area contributed by atoms with Gasteiger partial charge in [0.25, 0.3) is 5.91 Å². The van der Waals surface area contributed by atoms with Gasteiger partial charge < -0.3 is 24.8 Å². The van der Waals surface area contributed by atoms with E-state index < -0.39 is 5.97 Å². The molecule has 0 aromatic heterocycles. The molecule has 2 heterocycles. The zero-order chi connectivity index (χ0) is 26.8. The fourth-order valence-corrected chi connectivity index (χ4v) is 5.25. The monoisotopic (exact) mass is 523 g/mol. The van der Waals surface area contributed by atoms with E-state index in [1.54, 1.807) is 42.5 Å². The number of nitrogens with zero attached hydrogens (tertiary/aromatic N) is 2. The van der Waals surface area contributed by atoms with E-state index in [0.717, 1.165) is 31.8 Å². The number of carboxylic acids is 1. The van der Waals surface area contributed by atoms with Gasteiger partial charge in [-0.25, -0.2) is 4.79 Å². The normalized spacial score (nSPS) is 23.3. The van der Waals surface area contributed by atoms with Crippen LogP contribution >= 0.6 is 0 Å². The highest BCUT2D eigenvalue weighted by Gasteiger charge is 2.60. The number of amides is 1. The number of amidine groups is 1. The molecule has 8 heteroatoms. The molecule has 1 spiro atoms. The van der Waals surface area contributed by atoms with Crippen molar-refractivity contribution in [1.29, 1.82) is 0 Å². The number of carboxylic acid groups (broad SMARTS) is 1. The second-order valence-corrected chi connectivity index (χ2v) is 10.3. The van der Waals surface area contributed by atoms with Crippen LogP contribution in [-0.2, 0) is 0 Å². The molecule has 8 nitrogen and oxygen atoms in total. The Kier molecular flexibility index (Phi) is 6.52. The van der Waals surface area contributed by atoms with Crippen LogP contribution in [0, 0.1) is 5.41 Å². The summed E-state index contributed by atoms with van der Waals surface area (Å²) in [6, 6.07) is 23.1. The van der Waals surface area contributed by atoms with E-state index in [4.69, 9.17) is 14.5 Å². The number of hydrogen-bond donors (Lipinski definition) is 2. The first-order chi connectivity index (χ1) is 19.0. The van der Waals surface area contributed by atoms with Crippen LogP contribution in [0.4, 0.5) is 0 Å². The molecule has 3 aromatic rings. The highest BCUT2D eigenvalue weighted by molar-refractivity contribution is 5.96. The molecule has 1 saturated heterocycles. The van der Waals surface area contributed by atoms with Crippen molar-refractivity contribution in [2.45, 2.75) is 25.0 Å². The van der Waals surface area contributed by atoms with Crippen LogP contribution in [0.5, 0.6) is 17.2 Å². The Balaban J connectivity index is 1.01. The number of aliphatic imine (C=N–C) groups is 1. The summed E-state index contributed by atoms with van der Waals surface area (Å²) in [5.41, 5.74) is 0.835. The number of rotatable bonds is 7. The van der Waals surface area contributed by atoms with E-state index in [2.05, 4.69) is 10.2 Å². The maximum atomic E-state index is 12.9. The summed E-state index contributed by atoms with van der Waals surface area (Å²) in [5, 5.41) is 12.3. The molecule has 39 heavy (non-hydrogen) atoms. The van der Waals surface area contributed by atoms with Crippen molar-refractivity contribution in [3.05, 3.63) is 102 Å². The molecular formula is C31H29N3O5. The molecule has 198 valence electrons. The third kappa shape index (κ3) is 5.50. The summed E-state index contributed by atoms with van der Waals surface area (Å²) in [6.45, 7) is 2.22. The van der Waals surface area contributed by atoms with Gasteiger partial charge in [0.1, 0.15) is 29.2 Å². The molecule has 3 aliphatic rings. The minimum absolute atomic E-state index is 0.0769. The Hall–Kier alpha value is -4.59. The summed E-state index contributed by atoms with van der Waals surface area (Å²) < 4.78 is 12.0. The minimum atomic E-state index is -0.958. The number of carbonyl (C=O) groups excluding carboxylic acids is 1. The lowest BCUT2D eigenvalue weighted by Gasteiger charge is -2.24. The lowest BCUT2D eigenvalue weighted by Crippen LogP contribution is -2.39. The number of dihydropyridines is 1. The van der Waals surface area contributed by atoms with Gasteiger partial charge in [-0.2, -0.15) is 0 Å². The summed E-state index contributed by atoms with van der Waals surface area (Å²) in [4.78, 5) is 31.2. The zero-order valence-corrected chi connectivity index (χ0v) is 21.3. The van der Waals surface area contributed by atoms with E-state index in [0.29, 0.717) is 29.4 Å². The van der Waals surface area contributed by atoms with Gasteiger partial charge >= 0.3 is 5.97 Å². The number of carbonyl (C=O) groups is 2. The first-order valence-electron chi connectivity index (χ1n) is 13.1. The molecule has 1 unspecified atom stereocenters. The number of ether oxygens (including phenoxy) is 2. The molecule has 1 amide bonds. The first-order valence-corrected chi connectivity index (χ1v) is 13.1. The number of benzene rings is 3. The van der Waals surface area contributed by atoms with E-state index in [1.165, 1.54) is 0 Å². The van der Waals surface area contributed by atoms with Crippen LogP contribution in [0.15, 0.2) is 96.0 Å². The molecule has 1 saturated carbocycles. The molecule has 0 bridgehead atoms. The molecule has 2 aliphatic heterocycles. The maximum absolute atomic E-state index is 12.9. The van der Waals surface area contributed by atoms with Crippen molar-refractivity contribution < 1.29 is 24.2 Å². The van der Waals surface area contributed by atoms with Crippen molar-refractivity contribution in [2.24, 2.45) is 10.4 Å². The SMILES string of the molecule is O=C(O)c1cccc(O[C@@H]2C[C@]23CCN(C2=NCC(NC(=O)c4cccc(Oc5ccccc5)c4)C=C2)C3)c1. The Bertz CT molecular complexity index is 1450. The Morgan fingerprint density at radius 1 is 0.949 bits per heavy atom. The summed E-state index contributed by atoms with van der Waals surface area (Å²) >= 11 is 0. The third-order valence-electron chi connectivity index (χ3n) is 7.50. The Morgan fingerprint density at radius 2 is 1.69 bits per heavy atom. The van der Waals surface area contributed by atoms with Crippen LogP contribution < -0.4 is 14.8 Å². The average molecular weight is 524 g/mol. The van der Waals surface area contributed by atoms with Gasteiger partial charge in [-0.3, -0.25) is 9.79 Å². The third-order valence-corrected chi connectivity index (χ3v) is 7.50. The molecule has 3 atom stereocenters. The van der Waals surface area contributed by atoms with E-state index in [-0.39, 0.29) is 29.0 Å². The fraction of sp³-hybridized carbons (Fsp3) is 0.258. The number of hydrogen-bond acceptors (Lipinski definition) is 6.